The summed E-state index contributed by atoms with van der Waals surface area (Å²) in [6.45, 7) is 5.30. The van der Waals surface area contributed by atoms with Gasteiger partial charge in [0, 0.05) is 13.7 Å². The molecule has 0 saturated heterocycles. The SMILES string of the molecule is CC[C@H](OC)C(O)[C@@](C)(O)CC(C)CO. The highest BCUT2D eigenvalue weighted by molar-refractivity contribution is 4.88. The topological polar surface area (TPSA) is 69.9 Å². The van der Waals surface area contributed by atoms with Crippen LogP contribution < -0.4 is 0 Å². The summed E-state index contributed by atoms with van der Waals surface area (Å²) in [5.41, 5.74) is -1.22. The summed E-state index contributed by atoms with van der Waals surface area (Å²) >= 11 is 0. The van der Waals surface area contributed by atoms with Crippen molar-refractivity contribution < 1.29 is 20.1 Å². The number of aliphatic hydroxyl groups excluding tert-OH is 2. The molecule has 0 fully saturated rings. The zero-order valence-electron chi connectivity index (χ0n) is 10.1. The first kappa shape index (κ1) is 14.8. The molecule has 0 aliphatic carbocycles. The fourth-order valence-electron chi connectivity index (χ4n) is 1.81. The predicted octanol–water partition coefficient (Wildman–Crippen LogP) is 0.542. The van der Waals surface area contributed by atoms with Crippen molar-refractivity contribution in [1.29, 1.82) is 0 Å². The maximum Gasteiger partial charge on any atom is 0.108 e. The fourth-order valence-corrected chi connectivity index (χ4v) is 1.81. The Bertz CT molecular complexity index is 166. The van der Waals surface area contributed by atoms with Gasteiger partial charge in [-0.3, -0.25) is 0 Å². The van der Waals surface area contributed by atoms with Crippen molar-refractivity contribution in [1.82, 2.24) is 0 Å². The molecule has 0 aliphatic rings. The number of hydrogen-bond acceptors (Lipinski definition) is 4. The van der Waals surface area contributed by atoms with Crippen molar-refractivity contribution in [3.05, 3.63) is 0 Å². The van der Waals surface area contributed by atoms with E-state index in [4.69, 9.17) is 9.84 Å². The summed E-state index contributed by atoms with van der Waals surface area (Å²) in [7, 11) is 1.52. The van der Waals surface area contributed by atoms with E-state index in [-0.39, 0.29) is 18.6 Å². The minimum atomic E-state index is -1.22. The lowest BCUT2D eigenvalue weighted by atomic mass is 9.85. The molecule has 0 saturated carbocycles. The van der Waals surface area contributed by atoms with Gasteiger partial charge in [0.1, 0.15) is 6.10 Å². The minimum Gasteiger partial charge on any atom is -0.396 e. The summed E-state index contributed by atoms with van der Waals surface area (Å²) in [5.74, 6) is -0.0380. The van der Waals surface area contributed by atoms with Crippen LogP contribution in [0.15, 0.2) is 0 Å². The lowest BCUT2D eigenvalue weighted by Crippen LogP contribution is -2.48. The molecule has 0 aliphatic heterocycles. The van der Waals surface area contributed by atoms with Crippen LogP contribution in [0.2, 0.25) is 0 Å². The molecule has 2 unspecified atom stereocenters. The van der Waals surface area contributed by atoms with Gasteiger partial charge >= 0.3 is 0 Å². The minimum absolute atomic E-state index is 0.00659. The van der Waals surface area contributed by atoms with Crippen LogP contribution in [-0.4, -0.2) is 46.8 Å². The molecule has 0 bridgehead atoms. The number of ether oxygens (including phenoxy) is 1. The van der Waals surface area contributed by atoms with Crippen molar-refractivity contribution in [2.75, 3.05) is 13.7 Å². The molecule has 4 atom stereocenters. The summed E-state index contributed by atoms with van der Waals surface area (Å²) in [5, 5.41) is 28.9. The second-order valence-electron chi connectivity index (χ2n) is 4.48. The third-order valence-electron chi connectivity index (χ3n) is 2.77. The zero-order valence-corrected chi connectivity index (χ0v) is 10.1. The maximum atomic E-state index is 10.1. The van der Waals surface area contributed by atoms with Crippen LogP contribution in [0.4, 0.5) is 0 Å². The Morgan fingerprint density at radius 2 is 1.93 bits per heavy atom. The number of rotatable bonds is 7. The van der Waals surface area contributed by atoms with Crippen molar-refractivity contribution >= 4 is 0 Å². The van der Waals surface area contributed by atoms with Gasteiger partial charge < -0.3 is 20.1 Å². The van der Waals surface area contributed by atoms with E-state index in [0.29, 0.717) is 12.8 Å². The molecule has 3 N–H and O–H groups in total. The second kappa shape index (κ2) is 6.43. The summed E-state index contributed by atoms with van der Waals surface area (Å²) in [6.07, 6.45) is -0.307. The zero-order chi connectivity index (χ0) is 12.1. The third kappa shape index (κ3) is 4.47. The van der Waals surface area contributed by atoms with Crippen molar-refractivity contribution in [3.8, 4) is 0 Å². The number of aliphatic hydroxyl groups is 3. The normalized spacial score (nSPS) is 21.8. The van der Waals surface area contributed by atoms with Crippen LogP contribution in [0.25, 0.3) is 0 Å². The monoisotopic (exact) mass is 220 g/mol. The van der Waals surface area contributed by atoms with Crippen molar-refractivity contribution in [3.63, 3.8) is 0 Å². The molecule has 15 heavy (non-hydrogen) atoms. The Kier molecular flexibility index (Phi) is 6.36. The fraction of sp³-hybridized carbons (Fsp3) is 1.00. The first-order valence-electron chi connectivity index (χ1n) is 5.43. The Morgan fingerprint density at radius 3 is 2.27 bits per heavy atom. The molecule has 0 heterocycles. The molecule has 0 rings (SSSR count). The summed E-state index contributed by atoms with van der Waals surface area (Å²) in [4.78, 5) is 0. The van der Waals surface area contributed by atoms with Gasteiger partial charge in [-0.25, -0.2) is 0 Å². The van der Waals surface area contributed by atoms with E-state index < -0.39 is 11.7 Å². The highest BCUT2D eigenvalue weighted by Gasteiger charge is 2.36. The predicted molar refractivity (Wildman–Crippen MR) is 58.6 cm³/mol. The standard InChI is InChI=1S/C11H24O4/c1-5-9(15-4)10(13)11(3,14)6-8(2)7-12/h8-10,12-14H,5-7H2,1-4H3/t8?,9-,10?,11-/m0/s1. The third-order valence-corrected chi connectivity index (χ3v) is 2.77. The largest absolute Gasteiger partial charge is 0.396 e. The van der Waals surface area contributed by atoms with Crippen LogP contribution in [0.5, 0.6) is 0 Å². The average molecular weight is 220 g/mol. The smallest absolute Gasteiger partial charge is 0.108 e. The highest BCUT2D eigenvalue weighted by atomic mass is 16.5. The van der Waals surface area contributed by atoms with E-state index >= 15 is 0 Å². The lowest BCUT2D eigenvalue weighted by Gasteiger charge is -2.35. The van der Waals surface area contributed by atoms with Gasteiger partial charge in [0.25, 0.3) is 0 Å². The first-order valence-corrected chi connectivity index (χ1v) is 5.43. The van der Waals surface area contributed by atoms with Gasteiger partial charge in [-0.05, 0) is 25.7 Å². The van der Waals surface area contributed by atoms with Crippen molar-refractivity contribution in [2.24, 2.45) is 5.92 Å². The molecule has 0 radical (unpaired) electrons. The number of methoxy groups -OCH3 is 1. The molecule has 4 heteroatoms. The first-order chi connectivity index (χ1) is 6.88. The van der Waals surface area contributed by atoms with Crippen LogP contribution in [0.1, 0.15) is 33.6 Å². The molecular formula is C11H24O4. The Balaban J connectivity index is 4.41. The Labute approximate surface area is 91.9 Å². The molecule has 0 amide bonds. The van der Waals surface area contributed by atoms with E-state index in [1.165, 1.54) is 7.11 Å². The Hall–Kier alpha value is -0.160. The van der Waals surface area contributed by atoms with Gasteiger partial charge in [0.2, 0.25) is 0 Å². The molecule has 0 aromatic rings. The van der Waals surface area contributed by atoms with E-state index in [0.717, 1.165) is 0 Å². The molecule has 0 spiro atoms. The van der Waals surface area contributed by atoms with Crippen LogP contribution >= 0.6 is 0 Å². The van der Waals surface area contributed by atoms with E-state index in [1.54, 1.807) is 6.92 Å². The molecule has 0 aromatic heterocycles. The van der Waals surface area contributed by atoms with Gasteiger partial charge in [0.15, 0.2) is 0 Å². The second-order valence-corrected chi connectivity index (χ2v) is 4.48. The van der Waals surface area contributed by atoms with Crippen molar-refractivity contribution in [2.45, 2.75) is 51.4 Å². The van der Waals surface area contributed by atoms with E-state index in [9.17, 15) is 10.2 Å². The van der Waals surface area contributed by atoms with Gasteiger partial charge in [-0.15, -0.1) is 0 Å². The van der Waals surface area contributed by atoms with Crippen LogP contribution in [0, 0.1) is 5.92 Å². The number of hydrogen-bond donors (Lipinski definition) is 3. The van der Waals surface area contributed by atoms with E-state index in [2.05, 4.69) is 0 Å². The van der Waals surface area contributed by atoms with Gasteiger partial charge in [-0.2, -0.15) is 0 Å². The average Bonchev–Trinajstić information content (AvgIpc) is 2.18. The van der Waals surface area contributed by atoms with Gasteiger partial charge in [-0.1, -0.05) is 13.8 Å². The van der Waals surface area contributed by atoms with Crippen LogP contribution in [0.3, 0.4) is 0 Å². The van der Waals surface area contributed by atoms with Gasteiger partial charge in [0.05, 0.1) is 11.7 Å². The highest BCUT2D eigenvalue weighted by Crippen LogP contribution is 2.24. The molecule has 4 nitrogen and oxygen atoms in total. The van der Waals surface area contributed by atoms with Crippen LogP contribution in [-0.2, 0) is 4.74 Å². The molecular weight excluding hydrogens is 196 g/mol. The molecule has 92 valence electrons. The lowest BCUT2D eigenvalue weighted by molar-refractivity contribution is -0.135. The Morgan fingerprint density at radius 1 is 1.40 bits per heavy atom. The maximum absolute atomic E-state index is 10.1. The molecule has 0 aromatic carbocycles. The quantitative estimate of drug-likeness (QED) is 0.586. The summed E-state index contributed by atoms with van der Waals surface area (Å²) < 4.78 is 5.09. The van der Waals surface area contributed by atoms with E-state index in [1.807, 2.05) is 13.8 Å². The summed E-state index contributed by atoms with van der Waals surface area (Å²) in [6, 6.07) is 0.